The van der Waals surface area contributed by atoms with Crippen LogP contribution in [-0.4, -0.2) is 60.6 Å². The summed E-state index contributed by atoms with van der Waals surface area (Å²) in [7, 11) is 1.37. The molecule has 0 radical (unpaired) electrons. The van der Waals surface area contributed by atoms with Gasteiger partial charge in [-0.2, -0.15) is 0 Å². The standard InChI is InChI=1S/C25H31FN2O4/c1-18-15-28(19(2)14-27(18)16-20-8-11-22(26)12-9-20)24(29)17-32-23-7-5-4-6-21(23)10-13-25(30)31-3/h4-9,11-12,18-19H,10,13-17H2,1-3H3. The molecule has 2 aromatic carbocycles. The summed E-state index contributed by atoms with van der Waals surface area (Å²) in [6, 6.07) is 14.2. The molecule has 3 rings (SSSR count). The average Bonchev–Trinajstić information content (AvgIpc) is 2.80. The molecule has 1 aliphatic rings. The first kappa shape index (κ1) is 23.7. The quantitative estimate of drug-likeness (QED) is 0.587. The fraction of sp³-hybridized carbons (Fsp3) is 0.440. The average molecular weight is 443 g/mol. The Morgan fingerprint density at radius 1 is 1.03 bits per heavy atom. The van der Waals surface area contributed by atoms with E-state index in [4.69, 9.17) is 9.47 Å². The number of carbonyl (C=O) groups excluding carboxylic acids is 2. The van der Waals surface area contributed by atoms with Crippen molar-refractivity contribution in [3.05, 3.63) is 65.5 Å². The Hall–Kier alpha value is -2.93. The molecule has 0 bridgehead atoms. The maximum absolute atomic E-state index is 13.2. The van der Waals surface area contributed by atoms with Gasteiger partial charge < -0.3 is 14.4 Å². The Bertz CT molecular complexity index is 918. The summed E-state index contributed by atoms with van der Waals surface area (Å²) >= 11 is 0. The van der Waals surface area contributed by atoms with E-state index in [0.717, 1.165) is 24.2 Å². The molecule has 1 amide bonds. The summed E-state index contributed by atoms with van der Waals surface area (Å²) in [6.07, 6.45) is 0.752. The summed E-state index contributed by atoms with van der Waals surface area (Å²) in [5, 5.41) is 0. The molecule has 0 N–H and O–H groups in total. The Kier molecular flexibility index (Phi) is 8.22. The van der Waals surface area contributed by atoms with Crippen LogP contribution in [-0.2, 0) is 27.3 Å². The van der Waals surface area contributed by atoms with Gasteiger partial charge in [0.1, 0.15) is 11.6 Å². The third kappa shape index (κ3) is 6.29. The summed E-state index contributed by atoms with van der Waals surface area (Å²) in [6.45, 7) is 6.14. The SMILES string of the molecule is COC(=O)CCc1ccccc1OCC(=O)N1CC(C)N(Cc2ccc(F)cc2)CC1C. The Morgan fingerprint density at radius 2 is 1.75 bits per heavy atom. The van der Waals surface area contributed by atoms with Crippen LogP contribution in [0.2, 0.25) is 0 Å². The molecule has 0 spiro atoms. The van der Waals surface area contributed by atoms with Gasteiger partial charge in [0, 0.05) is 38.1 Å². The van der Waals surface area contributed by atoms with E-state index in [-0.39, 0.29) is 42.8 Å². The number of carbonyl (C=O) groups is 2. The van der Waals surface area contributed by atoms with Crippen molar-refractivity contribution in [1.29, 1.82) is 0 Å². The molecule has 32 heavy (non-hydrogen) atoms. The molecule has 2 aromatic rings. The maximum atomic E-state index is 13.2. The van der Waals surface area contributed by atoms with Gasteiger partial charge in [0.05, 0.1) is 7.11 Å². The fourth-order valence-electron chi connectivity index (χ4n) is 4.00. The number of halogens is 1. The fourth-order valence-corrected chi connectivity index (χ4v) is 4.00. The summed E-state index contributed by atoms with van der Waals surface area (Å²) in [5.41, 5.74) is 1.92. The predicted molar refractivity (Wildman–Crippen MR) is 120 cm³/mol. The van der Waals surface area contributed by atoms with Crippen LogP contribution in [0.25, 0.3) is 0 Å². The zero-order chi connectivity index (χ0) is 23.1. The van der Waals surface area contributed by atoms with Gasteiger partial charge in [-0.3, -0.25) is 14.5 Å². The molecule has 1 aliphatic heterocycles. The number of aryl methyl sites for hydroxylation is 1. The third-order valence-electron chi connectivity index (χ3n) is 5.88. The number of benzene rings is 2. The van der Waals surface area contributed by atoms with E-state index in [1.54, 1.807) is 12.1 Å². The van der Waals surface area contributed by atoms with Gasteiger partial charge in [0.25, 0.3) is 5.91 Å². The number of rotatable bonds is 8. The van der Waals surface area contributed by atoms with E-state index in [1.165, 1.54) is 19.2 Å². The van der Waals surface area contributed by atoms with Crippen LogP contribution in [0.4, 0.5) is 4.39 Å². The highest BCUT2D eigenvalue weighted by molar-refractivity contribution is 5.78. The van der Waals surface area contributed by atoms with Gasteiger partial charge in [0.15, 0.2) is 6.61 Å². The number of para-hydroxylation sites is 1. The second-order valence-electron chi connectivity index (χ2n) is 8.27. The molecule has 0 aliphatic carbocycles. The number of methoxy groups -OCH3 is 1. The lowest BCUT2D eigenvalue weighted by Crippen LogP contribution is -2.58. The smallest absolute Gasteiger partial charge is 0.305 e. The minimum Gasteiger partial charge on any atom is -0.483 e. The highest BCUT2D eigenvalue weighted by Crippen LogP contribution is 2.22. The van der Waals surface area contributed by atoms with Crippen molar-refractivity contribution in [1.82, 2.24) is 9.80 Å². The first-order valence-electron chi connectivity index (χ1n) is 10.9. The minimum absolute atomic E-state index is 0.0392. The second kappa shape index (κ2) is 11.1. The molecule has 6 nitrogen and oxygen atoms in total. The molecule has 1 fully saturated rings. The molecule has 2 atom stereocenters. The van der Waals surface area contributed by atoms with Crippen LogP contribution in [0, 0.1) is 5.82 Å². The minimum atomic E-state index is -0.280. The molecule has 2 unspecified atom stereocenters. The van der Waals surface area contributed by atoms with Crippen LogP contribution in [0.1, 0.15) is 31.4 Å². The van der Waals surface area contributed by atoms with E-state index in [1.807, 2.05) is 36.1 Å². The Labute approximate surface area is 188 Å². The number of esters is 1. The number of amides is 1. The number of piperazine rings is 1. The zero-order valence-electron chi connectivity index (χ0n) is 18.9. The highest BCUT2D eigenvalue weighted by atomic mass is 19.1. The maximum Gasteiger partial charge on any atom is 0.305 e. The van der Waals surface area contributed by atoms with Crippen LogP contribution >= 0.6 is 0 Å². The molecule has 7 heteroatoms. The van der Waals surface area contributed by atoms with Crippen molar-refractivity contribution in [3.63, 3.8) is 0 Å². The van der Waals surface area contributed by atoms with Gasteiger partial charge in [-0.05, 0) is 49.6 Å². The van der Waals surface area contributed by atoms with Crippen molar-refractivity contribution in [2.75, 3.05) is 26.8 Å². The van der Waals surface area contributed by atoms with E-state index >= 15 is 0 Å². The lowest BCUT2D eigenvalue weighted by molar-refractivity contribution is -0.141. The first-order valence-corrected chi connectivity index (χ1v) is 10.9. The van der Waals surface area contributed by atoms with Gasteiger partial charge in [-0.1, -0.05) is 30.3 Å². The first-order chi connectivity index (χ1) is 15.4. The number of hydrogen-bond donors (Lipinski definition) is 0. The summed E-state index contributed by atoms with van der Waals surface area (Å²) in [5.74, 6) is 0.0311. The monoisotopic (exact) mass is 442 g/mol. The van der Waals surface area contributed by atoms with Crippen LogP contribution < -0.4 is 4.74 Å². The lowest BCUT2D eigenvalue weighted by atomic mass is 10.1. The molecule has 0 aromatic heterocycles. The topological polar surface area (TPSA) is 59.1 Å². The molecule has 1 saturated heterocycles. The van der Waals surface area contributed by atoms with Gasteiger partial charge in [0.2, 0.25) is 0 Å². The molecule has 0 saturated carbocycles. The normalized spacial score (nSPS) is 18.9. The highest BCUT2D eigenvalue weighted by Gasteiger charge is 2.32. The summed E-state index contributed by atoms with van der Waals surface area (Å²) < 4.78 is 23.7. The van der Waals surface area contributed by atoms with Crippen molar-refractivity contribution in [2.24, 2.45) is 0 Å². The van der Waals surface area contributed by atoms with E-state index in [0.29, 0.717) is 18.7 Å². The van der Waals surface area contributed by atoms with Gasteiger partial charge in [-0.15, -0.1) is 0 Å². The molecular weight excluding hydrogens is 411 g/mol. The third-order valence-corrected chi connectivity index (χ3v) is 5.88. The zero-order valence-corrected chi connectivity index (χ0v) is 18.9. The van der Waals surface area contributed by atoms with E-state index in [2.05, 4.69) is 11.8 Å². The number of nitrogens with zero attached hydrogens (tertiary/aromatic N) is 2. The summed E-state index contributed by atoms with van der Waals surface area (Å²) in [4.78, 5) is 28.5. The lowest BCUT2D eigenvalue weighted by Gasteiger charge is -2.44. The van der Waals surface area contributed by atoms with Crippen LogP contribution in [0.3, 0.4) is 0 Å². The van der Waals surface area contributed by atoms with Crippen molar-refractivity contribution >= 4 is 11.9 Å². The van der Waals surface area contributed by atoms with Crippen LogP contribution in [0.5, 0.6) is 5.75 Å². The van der Waals surface area contributed by atoms with Crippen molar-refractivity contribution in [3.8, 4) is 5.75 Å². The molecule has 1 heterocycles. The Balaban J connectivity index is 1.55. The van der Waals surface area contributed by atoms with Crippen molar-refractivity contribution in [2.45, 2.75) is 45.3 Å². The molecule has 172 valence electrons. The number of hydrogen-bond acceptors (Lipinski definition) is 5. The largest absolute Gasteiger partial charge is 0.483 e. The van der Waals surface area contributed by atoms with Gasteiger partial charge >= 0.3 is 5.97 Å². The van der Waals surface area contributed by atoms with Gasteiger partial charge in [-0.25, -0.2) is 4.39 Å². The van der Waals surface area contributed by atoms with E-state index in [9.17, 15) is 14.0 Å². The van der Waals surface area contributed by atoms with Crippen LogP contribution in [0.15, 0.2) is 48.5 Å². The second-order valence-corrected chi connectivity index (χ2v) is 8.27. The van der Waals surface area contributed by atoms with Crippen molar-refractivity contribution < 1.29 is 23.5 Å². The number of ether oxygens (including phenoxy) is 2. The van der Waals surface area contributed by atoms with E-state index < -0.39 is 0 Å². The Morgan fingerprint density at radius 3 is 2.47 bits per heavy atom. The molecular formula is C25H31FN2O4. The predicted octanol–water partition coefficient (Wildman–Crippen LogP) is 3.43.